The van der Waals surface area contributed by atoms with Gasteiger partial charge < -0.3 is 10.6 Å². The summed E-state index contributed by atoms with van der Waals surface area (Å²) < 4.78 is 0. The Kier molecular flexibility index (Phi) is 7.54. The highest BCUT2D eigenvalue weighted by atomic mass is 15.0. The summed E-state index contributed by atoms with van der Waals surface area (Å²) in [5.74, 6) is 0. The molecule has 4 heteroatoms. The van der Waals surface area contributed by atoms with E-state index in [2.05, 4.69) is 71.4 Å². The van der Waals surface area contributed by atoms with E-state index in [4.69, 9.17) is 9.98 Å². The van der Waals surface area contributed by atoms with Gasteiger partial charge in [0.15, 0.2) is 0 Å². The quantitative estimate of drug-likeness (QED) is 0.602. The third-order valence-corrected chi connectivity index (χ3v) is 6.09. The molecule has 158 valence electrons. The summed E-state index contributed by atoms with van der Waals surface area (Å²) in [5.41, 5.74) is 4.44. The predicted octanol–water partition coefficient (Wildman–Crippen LogP) is 4.95. The van der Waals surface area contributed by atoms with Crippen molar-refractivity contribution in [2.45, 2.75) is 63.5 Å². The Morgan fingerprint density at radius 1 is 0.700 bits per heavy atom. The maximum Gasteiger partial charge on any atom is 0.0810 e. The molecule has 0 bridgehead atoms. The molecule has 2 atom stereocenters. The summed E-state index contributed by atoms with van der Waals surface area (Å²) in [7, 11) is 0. The highest BCUT2D eigenvalue weighted by Crippen LogP contribution is 2.24. The van der Waals surface area contributed by atoms with E-state index in [0.717, 1.165) is 55.2 Å². The molecule has 0 spiro atoms. The van der Waals surface area contributed by atoms with Crippen LogP contribution in [0, 0.1) is 0 Å². The number of allylic oxidation sites excluding steroid dienone is 10. The van der Waals surface area contributed by atoms with Gasteiger partial charge in [-0.3, -0.25) is 9.98 Å². The largest absolute Gasteiger partial charge is 0.383 e. The molecule has 4 aliphatic rings. The molecule has 1 heterocycles. The number of hydrogen-bond acceptors (Lipinski definition) is 4. The van der Waals surface area contributed by atoms with Gasteiger partial charge in [-0.2, -0.15) is 0 Å². The van der Waals surface area contributed by atoms with Crippen molar-refractivity contribution in [3.05, 3.63) is 72.2 Å². The summed E-state index contributed by atoms with van der Waals surface area (Å²) in [6, 6.07) is 0.606. The van der Waals surface area contributed by atoms with Gasteiger partial charge in [0, 0.05) is 19.1 Å². The molecule has 4 rings (SSSR count). The van der Waals surface area contributed by atoms with Gasteiger partial charge in [-0.25, -0.2) is 0 Å². The molecular weight excluding hydrogens is 368 g/mol. The molecule has 0 aromatic carbocycles. The van der Waals surface area contributed by atoms with Crippen LogP contribution in [0.3, 0.4) is 0 Å². The molecule has 0 unspecified atom stereocenters. The van der Waals surface area contributed by atoms with E-state index in [9.17, 15) is 0 Å². The van der Waals surface area contributed by atoms with Gasteiger partial charge >= 0.3 is 0 Å². The van der Waals surface area contributed by atoms with Crippen molar-refractivity contribution in [2.75, 3.05) is 13.1 Å². The Labute approximate surface area is 181 Å². The van der Waals surface area contributed by atoms with E-state index in [1.54, 1.807) is 0 Å². The fraction of sp³-hybridized carbons (Fsp3) is 0.462. The predicted molar refractivity (Wildman–Crippen MR) is 128 cm³/mol. The van der Waals surface area contributed by atoms with Crippen LogP contribution in [0.4, 0.5) is 0 Å². The monoisotopic (exact) mass is 402 g/mol. The minimum absolute atomic E-state index is 0.271. The first kappa shape index (κ1) is 20.6. The van der Waals surface area contributed by atoms with Gasteiger partial charge in [-0.1, -0.05) is 62.1 Å². The maximum atomic E-state index is 5.26. The Hall–Kier alpha value is -2.62. The first-order valence-electron chi connectivity index (χ1n) is 11.6. The van der Waals surface area contributed by atoms with Crippen molar-refractivity contribution >= 4 is 11.4 Å². The molecule has 0 amide bonds. The minimum atomic E-state index is 0.271. The van der Waals surface area contributed by atoms with E-state index in [-0.39, 0.29) is 6.04 Å². The molecule has 30 heavy (non-hydrogen) atoms. The zero-order chi connectivity index (χ0) is 20.4. The van der Waals surface area contributed by atoms with Gasteiger partial charge in [0.1, 0.15) is 0 Å². The average Bonchev–Trinajstić information content (AvgIpc) is 3.11. The second kappa shape index (κ2) is 11.0. The van der Waals surface area contributed by atoms with Crippen LogP contribution in [0.15, 0.2) is 82.1 Å². The third kappa shape index (κ3) is 5.71. The summed E-state index contributed by atoms with van der Waals surface area (Å²) in [4.78, 5) is 10.2. The Bertz CT molecular complexity index is 835. The molecule has 1 saturated carbocycles. The highest BCUT2D eigenvalue weighted by Gasteiger charge is 2.26. The third-order valence-electron chi connectivity index (χ3n) is 6.09. The molecule has 4 nitrogen and oxygen atoms in total. The van der Waals surface area contributed by atoms with E-state index in [0.29, 0.717) is 6.04 Å². The number of aliphatic imine (C=N–C) groups is 2. The molecular formula is C26H34N4. The number of fused-ring (bicyclic) bond motifs is 3. The van der Waals surface area contributed by atoms with E-state index >= 15 is 0 Å². The van der Waals surface area contributed by atoms with Crippen LogP contribution in [0.25, 0.3) is 0 Å². The zero-order valence-corrected chi connectivity index (χ0v) is 17.9. The van der Waals surface area contributed by atoms with Crippen molar-refractivity contribution in [3.8, 4) is 0 Å². The summed E-state index contributed by atoms with van der Waals surface area (Å²) >= 11 is 0. The summed E-state index contributed by atoms with van der Waals surface area (Å²) in [6.07, 6.45) is 30.7. The molecule has 2 N–H and O–H groups in total. The van der Waals surface area contributed by atoms with Gasteiger partial charge in [0.2, 0.25) is 0 Å². The lowest BCUT2D eigenvalue weighted by molar-refractivity contribution is 0.351. The number of nitrogens with zero attached hydrogens (tertiary/aromatic N) is 2. The highest BCUT2D eigenvalue weighted by molar-refractivity contribution is 6.09. The van der Waals surface area contributed by atoms with E-state index in [1.165, 1.54) is 32.1 Å². The second-order valence-electron chi connectivity index (χ2n) is 8.37. The fourth-order valence-electron chi connectivity index (χ4n) is 4.42. The Balaban J connectivity index is 1.63. The van der Waals surface area contributed by atoms with Crippen LogP contribution in [0.5, 0.6) is 0 Å². The number of rotatable bonds is 0. The number of nitrogens with one attached hydrogen (secondary N) is 2. The van der Waals surface area contributed by atoms with E-state index < -0.39 is 0 Å². The Morgan fingerprint density at radius 2 is 1.47 bits per heavy atom. The van der Waals surface area contributed by atoms with Crippen LogP contribution in [0.2, 0.25) is 0 Å². The first-order chi connectivity index (χ1) is 14.9. The molecule has 1 fully saturated rings. The molecule has 0 radical (unpaired) electrons. The zero-order valence-electron chi connectivity index (χ0n) is 17.9. The van der Waals surface area contributed by atoms with Gasteiger partial charge in [0.05, 0.1) is 28.9 Å². The molecule has 0 aromatic heterocycles. The SMILES string of the molecule is C1=CC=C2NCCCCCCN=C3C=CC=CC=C3N[C@@H]3CCCC[C@H]3N=C2C=C1. The van der Waals surface area contributed by atoms with Crippen LogP contribution in [-0.4, -0.2) is 36.6 Å². The van der Waals surface area contributed by atoms with Crippen molar-refractivity contribution in [2.24, 2.45) is 9.98 Å². The first-order valence-corrected chi connectivity index (χ1v) is 11.6. The van der Waals surface area contributed by atoms with Crippen molar-refractivity contribution in [3.63, 3.8) is 0 Å². The smallest absolute Gasteiger partial charge is 0.0810 e. The topological polar surface area (TPSA) is 48.8 Å². The molecule has 1 aliphatic heterocycles. The molecule has 0 saturated heterocycles. The minimum Gasteiger partial charge on any atom is -0.383 e. The van der Waals surface area contributed by atoms with Crippen molar-refractivity contribution in [1.29, 1.82) is 0 Å². The van der Waals surface area contributed by atoms with Crippen LogP contribution >= 0.6 is 0 Å². The fourth-order valence-corrected chi connectivity index (χ4v) is 4.42. The lowest BCUT2D eigenvalue weighted by Gasteiger charge is -2.32. The van der Waals surface area contributed by atoms with Gasteiger partial charge in [-0.15, -0.1) is 0 Å². The number of hydrogen-bond donors (Lipinski definition) is 2. The summed E-state index contributed by atoms with van der Waals surface area (Å²) in [6.45, 7) is 1.89. The van der Waals surface area contributed by atoms with Crippen molar-refractivity contribution in [1.82, 2.24) is 10.6 Å². The van der Waals surface area contributed by atoms with E-state index in [1.807, 2.05) is 0 Å². The summed E-state index contributed by atoms with van der Waals surface area (Å²) in [5, 5.41) is 7.47. The van der Waals surface area contributed by atoms with Gasteiger partial charge in [-0.05, 0) is 50.0 Å². The maximum absolute atomic E-state index is 5.26. The lowest BCUT2D eigenvalue weighted by Crippen LogP contribution is -2.42. The Morgan fingerprint density at radius 3 is 2.37 bits per heavy atom. The molecule has 0 aromatic rings. The second-order valence-corrected chi connectivity index (χ2v) is 8.37. The molecule has 3 aliphatic carbocycles. The normalized spacial score (nSPS) is 27.5. The van der Waals surface area contributed by atoms with Crippen LogP contribution < -0.4 is 10.6 Å². The van der Waals surface area contributed by atoms with Gasteiger partial charge in [0.25, 0.3) is 0 Å². The average molecular weight is 403 g/mol. The lowest BCUT2D eigenvalue weighted by atomic mass is 9.90. The van der Waals surface area contributed by atoms with Crippen LogP contribution in [0.1, 0.15) is 51.4 Å². The standard InChI is InChI=1S/C26H34N4/c1-2-12-20-28-22-14-6-4-8-16-24(22)30-26-18-10-9-17-25(26)29-23-15-7-3-5-13-21(23)27-19-11-1/h3-8,13-16,25-27,30H,1-2,9-12,17-20H2/t25-,26-/m1/s1. The van der Waals surface area contributed by atoms with Crippen LogP contribution in [-0.2, 0) is 0 Å². The van der Waals surface area contributed by atoms with Crippen molar-refractivity contribution < 1.29 is 0 Å².